The zero-order valence-corrected chi connectivity index (χ0v) is 5.89. The second kappa shape index (κ2) is 4.75. The maximum Gasteiger partial charge on any atom is 0.235 e. The Bertz CT molecular complexity index is 118. The van der Waals surface area contributed by atoms with E-state index in [4.69, 9.17) is 0 Å². The average Bonchev–Trinajstić information content (AvgIpc) is 1.83. The molecule has 0 heterocycles. The Kier molecular flexibility index (Phi) is 4.51. The van der Waals surface area contributed by atoms with E-state index < -0.39 is 0 Å². The van der Waals surface area contributed by atoms with Crippen LogP contribution in [0.3, 0.4) is 0 Å². The third-order valence-corrected chi connectivity index (χ3v) is 1.31. The van der Waals surface area contributed by atoms with E-state index >= 15 is 0 Å². The molecule has 0 bridgehead atoms. The zero-order chi connectivity index (χ0) is 6.41. The highest BCUT2D eigenvalue weighted by atomic mass is 79.9. The van der Waals surface area contributed by atoms with Gasteiger partial charge in [0.25, 0.3) is 0 Å². The van der Waals surface area contributed by atoms with Gasteiger partial charge in [0, 0.05) is 5.33 Å². The van der Waals surface area contributed by atoms with Crippen LogP contribution in [0.1, 0.15) is 0 Å². The third kappa shape index (κ3) is 2.72. The topological polar surface area (TPSA) is 29.4 Å². The summed E-state index contributed by atoms with van der Waals surface area (Å²) in [6.45, 7) is 3.45. The van der Waals surface area contributed by atoms with E-state index in [0.29, 0.717) is 5.33 Å². The Morgan fingerprint density at radius 3 is 2.75 bits per heavy atom. The monoisotopic (exact) mass is 175 g/mol. The van der Waals surface area contributed by atoms with Crippen molar-refractivity contribution in [2.24, 2.45) is 4.99 Å². The van der Waals surface area contributed by atoms with Gasteiger partial charge in [-0.3, -0.25) is 0 Å². The first kappa shape index (κ1) is 7.60. The smallest absolute Gasteiger partial charge is 0.211 e. The Hall–Kier alpha value is -0.400. The van der Waals surface area contributed by atoms with E-state index in [1.54, 1.807) is 6.08 Å². The molecular formula is C5H6BrNO. The molecule has 0 aliphatic heterocycles. The van der Waals surface area contributed by atoms with Crippen molar-refractivity contribution in [2.75, 3.05) is 5.33 Å². The number of hydrogen-bond donors (Lipinski definition) is 0. The molecule has 0 aliphatic rings. The molecule has 0 spiro atoms. The van der Waals surface area contributed by atoms with Crippen molar-refractivity contribution in [3.63, 3.8) is 0 Å². The molecule has 0 aromatic heterocycles. The molecule has 1 unspecified atom stereocenters. The molecular weight excluding hydrogens is 170 g/mol. The fraction of sp³-hybridized carbons (Fsp3) is 0.400. The van der Waals surface area contributed by atoms with Gasteiger partial charge in [0.2, 0.25) is 6.08 Å². The van der Waals surface area contributed by atoms with Crippen LogP contribution in [0, 0.1) is 0 Å². The Labute approximate surface area is 56.4 Å². The molecule has 8 heavy (non-hydrogen) atoms. The molecule has 0 rings (SSSR count). The van der Waals surface area contributed by atoms with E-state index in [-0.39, 0.29) is 6.04 Å². The summed E-state index contributed by atoms with van der Waals surface area (Å²) in [4.78, 5) is 13.0. The van der Waals surface area contributed by atoms with Gasteiger partial charge in [0.15, 0.2) is 0 Å². The minimum Gasteiger partial charge on any atom is -0.211 e. The van der Waals surface area contributed by atoms with Gasteiger partial charge in [-0.1, -0.05) is 22.0 Å². The Morgan fingerprint density at radius 2 is 2.62 bits per heavy atom. The van der Waals surface area contributed by atoms with Gasteiger partial charge in [-0.2, -0.15) is 4.99 Å². The normalized spacial score (nSPS) is 11.6. The SMILES string of the molecule is C=CC(CBr)N=C=O. The maximum absolute atomic E-state index is 9.57. The lowest BCUT2D eigenvalue weighted by Gasteiger charge is -1.93. The molecule has 2 nitrogen and oxygen atoms in total. The minimum atomic E-state index is -0.118. The first-order valence-corrected chi connectivity index (χ1v) is 3.22. The van der Waals surface area contributed by atoms with Crippen molar-refractivity contribution in [1.29, 1.82) is 0 Å². The number of carbonyl (C=O) groups excluding carboxylic acids is 1. The van der Waals surface area contributed by atoms with Crippen LogP contribution in [0.25, 0.3) is 0 Å². The minimum absolute atomic E-state index is 0.118. The van der Waals surface area contributed by atoms with Gasteiger partial charge in [-0.25, -0.2) is 4.79 Å². The number of isocyanates is 1. The number of aliphatic imine (C=N–C) groups is 1. The summed E-state index contributed by atoms with van der Waals surface area (Å²) >= 11 is 3.13. The summed E-state index contributed by atoms with van der Waals surface area (Å²) in [6, 6.07) is -0.118. The molecule has 0 fully saturated rings. The fourth-order valence-corrected chi connectivity index (χ4v) is 0.627. The molecule has 0 amide bonds. The van der Waals surface area contributed by atoms with Crippen LogP contribution >= 0.6 is 15.9 Å². The first-order valence-electron chi connectivity index (χ1n) is 2.10. The second-order valence-electron chi connectivity index (χ2n) is 1.18. The molecule has 0 aromatic carbocycles. The molecule has 0 aliphatic carbocycles. The van der Waals surface area contributed by atoms with Gasteiger partial charge in [0.1, 0.15) is 0 Å². The van der Waals surface area contributed by atoms with Crippen molar-refractivity contribution >= 4 is 22.0 Å². The van der Waals surface area contributed by atoms with Crippen LogP contribution in [-0.2, 0) is 4.79 Å². The van der Waals surface area contributed by atoms with Crippen molar-refractivity contribution in [2.45, 2.75) is 6.04 Å². The van der Waals surface area contributed by atoms with Crippen LogP contribution in [0.5, 0.6) is 0 Å². The van der Waals surface area contributed by atoms with Gasteiger partial charge in [-0.15, -0.1) is 6.58 Å². The summed E-state index contributed by atoms with van der Waals surface area (Å²) in [6.07, 6.45) is 3.03. The second-order valence-corrected chi connectivity index (χ2v) is 1.83. The lowest BCUT2D eigenvalue weighted by molar-refractivity contribution is 0.562. The van der Waals surface area contributed by atoms with Crippen LogP contribution in [0.15, 0.2) is 17.6 Å². The zero-order valence-electron chi connectivity index (χ0n) is 4.30. The lowest BCUT2D eigenvalue weighted by atomic mass is 10.4. The Morgan fingerprint density at radius 1 is 2.00 bits per heavy atom. The quantitative estimate of drug-likeness (QED) is 0.275. The van der Waals surface area contributed by atoms with Crippen LogP contribution < -0.4 is 0 Å². The van der Waals surface area contributed by atoms with Crippen molar-refractivity contribution < 1.29 is 4.79 Å². The lowest BCUT2D eigenvalue weighted by Crippen LogP contribution is -1.98. The van der Waals surface area contributed by atoms with E-state index in [1.165, 1.54) is 6.08 Å². The van der Waals surface area contributed by atoms with E-state index in [1.807, 2.05) is 0 Å². The molecule has 0 saturated carbocycles. The van der Waals surface area contributed by atoms with Gasteiger partial charge < -0.3 is 0 Å². The number of alkyl halides is 1. The largest absolute Gasteiger partial charge is 0.235 e. The fourth-order valence-electron chi connectivity index (χ4n) is 0.218. The van der Waals surface area contributed by atoms with Crippen LogP contribution in [-0.4, -0.2) is 17.5 Å². The molecule has 0 saturated heterocycles. The van der Waals surface area contributed by atoms with Gasteiger partial charge in [-0.05, 0) is 0 Å². The molecule has 1 atom stereocenters. The first-order chi connectivity index (χ1) is 3.85. The summed E-state index contributed by atoms with van der Waals surface area (Å²) in [5.74, 6) is 0. The third-order valence-electron chi connectivity index (χ3n) is 0.649. The predicted molar refractivity (Wildman–Crippen MR) is 35.9 cm³/mol. The molecule has 0 radical (unpaired) electrons. The summed E-state index contributed by atoms with van der Waals surface area (Å²) < 4.78 is 0. The van der Waals surface area contributed by atoms with Gasteiger partial charge >= 0.3 is 0 Å². The molecule has 0 aromatic rings. The van der Waals surface area contributed by atoms with Crippen LogP contribution in [0.2, 0.25) is 0 Å². The summed E-state index contributed by atoms with van der Waals surface area (Å²) in [5, 5.41) is 0.631. The highest BCUT2D eigenvalue weighted by Gasteiger charge is 1.93. The molecule has 0 N–H and O–H groups in total. The van der Waals surface area contributed by atoms with Crippen molar-refractivity contribution in [1.82, 2.24) is 0 Å². The molecule has 44 valence electrons. The number of halogens is 1. The van der Waals surface area contributed by atoms with E-state index in [2.05, 4.69) is 27.5 Å². The van der Waals surface area contributed by atoms with Crippen molar-refractivity contribution in [3.05, 3.63) is 12.7 Å². The van der Waals surface area contributed by atoms with E-state index in [0.717, 1.165) is 0 Å². The number of hydrogen-bond acceptors (Lipinski definition) is 2. The number of rotatable bonds is 3. The van der Waals surface area contributed by atoms with E-state index in [9.17, 15) is 4.79 Å². The number of nitrogens with zero attached hydrogens (tertiary/aromatic N) is 1. The highest BCUT2D eigenvalue weighted by molar-refractivity contribution is 9.09. The predicted octanol–water partition coefficient (Wildman–Crippen LogP) is 1.27. The molecule has 3 heteroatoms. The summed E-state index contributed by atoms with van der Waals surface area (Å²) in [5.41, 5.74) is 0. The van der Waals surface area contributed by atoms with Crippen molar-refractivity contribution in [3.8, 4) is 0 Å². The Balaban J connectivity index is 3.69. The highest BCUT2D eigenvalue weighted by Crippen LogP contribution is 1.94. The maximum atomic E-state index is 9.57. The average molecular weight is 176 g/mol. The van der Waals surface area contributed by atoms with Crippen LogP contribution in [0.4, 0.5) is 0 Å². The van der Waals surface area contributed by atoms with Gasteiger partial charge in [0.05, 0.1) is 6.04 Å². The standard InChI is InChI=1S/C5H6BrNO/c1-2-5(3-6)7-4-8/h2,5H,1,3H2. The summed E-state index contributed by atoms with van der Waals surface area (Å²) in [7, 11) is 0.